The van der Waals surface area contributed by atoms with Crippen LogP contribution in [0.25, 0.3) is 0 Å². The Balaban J connectivity index is 2.47. The van der Waals surface area contributed by atoms with E-state index in [9.17, 15) is 4.79 Å². The number of nitrogens with zero attached hydrogens (tertiary/aromatic N) is 2. The third-order valence-corrected chi connectivity index (χ3v) is 1.64. The molecule has 0 atom stereocenters. The maximum absolute atomic E-state index is 10.3. The van der Waals surface area contributed by atoms with Gasteiger partial charge in [0.15, 0.2) is 0 Å². The van der Waals surface area contributed by atoms with Gasteiger partial charge in [-0.1, -0.05) is 0 Å². The van der Waals surface area contributed by atoms with Gasteiger partial charge < -0.3 is 15.8 Å². The number of nitrogen functional groups attached to an aromatic ring is 1. The van der Waals surface area contributed by atoms with Crippen LogP contribution in [0.15, 0.2) is 6.07 Å². The normalized spacial score (nSPS) is 9.62. The van der Waals surface area contributed by atoms with Crippen LogP contribution in [0.1, 0.15) is 5.69 Å². The molecular formula is C8H14N6O2. The molecule has 0 saturated carbocycles. The Morgan fingerprint density at radius 3 is 2.94 bits per heavy atom. The first-order valence-electron chi connectivity index (χ1n) is 4.60. The van der Waals surface area contributed by atoms with Crippen molar-refractivity contribution in [2.45, 2.75) is 6.92 Å². The van der Waals surface area contributed by atoms with E-state index in [4.69, 9.17) is 11.6 Å². The summed E-state index contributed by atoms with van der Waals surface area (Å²) in [5, 5.41) is 2.94. The Morgan fingerprint density at radius 2 is 2.31 bits per heavy atom. The first kappa shape index (κ1) is 12.0. The lowest BCUT2D eigenvalue weighted by Crippen LogP contribution is -2.19. The summed E-state index contributed by atoms with van der Waals surface area (Å²) in [6.45, 7) is 2.39. The maximum atomic E-state index is 10.3. The second-order valence-electron chi connectivity index (χ2n) is 2.96. The molecule has 1 heterocycles. The molecule has 16 heavy (non-hydrogen) atoms. The minimum Gasteiger partial charge on any atom is -0.448 e. The molecule has 0 aliphatic heterocycles. The monoisotopic (exact) mass is 226 g/mol. The maximum Gasteiger partial charge on any atom is 0.404 e. The highest BCUT2D eigenvalue weighted by atomic mass is 16.5. The van der Waals surface area contributed by atoms with Crippen molar-refractivity contribution in [2.75, 3.05) is 23.9 Å². The Labute approximate surface area is 92.4 Å². The van der Waals surface area contributed by atoms with Gasteiger partial charge in [0.25, 0.3) is 0 Å². The van der Waals surface area contributed by atoms with Crippen LogP contribution in [-0.4, -0.2) is 29.2 Å². The average Bonchev–Trinajstić information content (AvgIpc) is 2.23. The van der Waals surface area contributed by atoms with Gasteiger partial charge in [0.1, 0.15) is 12.4 Å². The molecule has 0 radical (unpaired) electrons. The molecule has 6 N–H and O–H groups in total. The molecule has 1 rings (SSSR count). The molecule has 8 nitrogen and oxygen atoms in total. The molecule has 0 spiro atoms. The van der Waals surface area contributed by atoms with Gasteiger partial charge in [-0.3, -0.25) is 5.43 Å². The number of nitrogens with one attached hydrogen (secondary N) is 2. The third kappa shape index (κ3) is 3.96. The summed E-state index contributed by atoms with van der Waals surface area (Å²) in [5.41, 5.74) is 7.91. The van der Waals surface area contributed by atoms with Crippen molar-refractivity contribution < 1.29 is 9.53 Å². The van der Waals surface area contributed by atoms with Crippen LogP contribution in [0.3, 0.4) is 0 Å². The number of amides is 1. The van der Waals surface area contributed by atoms with E-state index in [1.807, 2.05) is 6.92 Å². The minimum absolute atomic E-state index is 0.170. The summed E-state index contributed by atoms with van der Waals surface area (Å²) in [4.78, 5) is 18.3. The van der Waals surface area contributed by atoms with Gasteiger partial charge in [-0.2, -0.15) is 4.98 Å². The van der Waals surface area contributed by atoms with E-state index < -0.39 is 6.09 Å². The van der Waals surface area contributed by atoms with E-state index in [1.54, 1.807) is 6.07 Å². The number of primary amides is 1. The van der Waals surface area contributed by atoms with Crippen molar-refractivity contribution in [1.29, 1.82) is 0 Å². The number of aryl methyl sites for hydroxylation is 1. The van der Waals surface area contributed by atoms with Gasteiger partial charge in [0, 0.05) is 11.8 Å². The van der Waals surface area contributed by atoms with E-state index >= 15 is 0 Å². The predicted molar refractivity (Wildman–Crippen MR) is 58.6 cm³/mol. The van der Waals surface area contributed by atoms with Crippen LogP contribution >= 0.6 is 0 Å². The summed E-state index contributed by atoms with van der Waals surface area (Å²) in [6, 6.07) is 1.74. The molecule has 0 aliphatic carbocycles. The number of hydrogen-bond acceptors (Lipinski definition) is 7. The summed E-state index contributed by atoms with van der Waals surface area (Å²) in [6.07, 6.45) is -0.801. The molecule has 0 saturated heterocycles. The van der Waals surface area contributed by atoms with Crippen molar-refractivity contribution in [3.63, 3.8) is 0 Å². The van der Waals surface area contributed by atoms with Gasteiger partial charge in [0.2, 0.25) is 5.95 Å². The lowest BCUT2D eigenvalue weighted by Gasteiger charge is -2.07. The lowest BCUT2D eigenvalue weighted by atomic mass is 10.4. The molecule has 0 aromatic carbocycles. The fraction of sp³-hybridized carbons (Fsp3) is 0.375. The van der Waals surface area contributed by atoms with Gasteiger partial charge >= 0.3 is 6.09 Å². The minimum atomic E-state index is -0.801. The molecule has 8 heteroatoms. The topological polar surface area (TPSA) is 128 Å². The number of rotatable bonds is 5. The Kier molecular flexibility index (Phi) is 4.28. The van der Waals surface area contributed by atoms with Crippen molar-refractivity contribution in [3.05, 3.63) is 11.8 Å². The average molecular weight is 226 g/mol. The second kappa shape index (κ2) is 5.71. The Morgan fingerprint density at radius 1 is 1.56 bits per heavy atom. The standard InChI is InChI=1S/C8H14N6O2/c1-5-4-6(13-8(12-5)14-10)11-2-3-16-7(9)15/h4H,2-3,10H2,1H3,(H2,9,15)(H2,11,12,13,14). The van der Waals surface area contributed by atoms with Crippen molar-refractivity contribution in [2.24, 2.45) is 11.6 Å². The fourth-order valence-corrected chi connectivity index (χ4v) is 1.05. The zero-order chi connectivity index (χ0) is 12.0. The SMILES string of the molecule is Cc1cc(NCCOC(N)=O)nc(NN)n1. The van der Waals surface area contributed by atoms with Crippen LogP contribution < -0.4 is 22.3 Å². The zero-order valence-electron chi connectivity index (χ0n) is 8.86. The van der Waals surface area contributed by atoms with E-state index in [2.05, 4.69) is 25.4 Å². The molecular weight excluding hydrogens is 212 g/mol. The van der Waals surface area contributed by atoms with Crippen LogP contribution in [0.4, 0.5) is 16.6 Å². The predicted octanol–water partition coefficient (Wildman–Crippen LogP) is -0.422. The number of anilines is 2. The summed E-state index contributed by atoms with van der Waals surface area (Å²) in [5.74, 6) is 6.10. The lowest BCUT2D eigenvalue weighted by molar-refractivity contribution is 0.161. The van der Waals surface area contributed by atoms with E-state index in [0.717, 1.165) is 5.69 Å². The second-order valence-corrected chi connectivity index (χ2v) is 2.96. The van der Waals surface area contributed by atoms with Gasteiger partial charge in [0.05, 0.1) is 6.54 Å². The number of nitrogens with two attached hydrogens (primary N) is 2. The largest absolute Gasteiger partial charge is 0.448 e. The number of carbonyl (C=O) groups excluding carboxylic acids is 1. The third-order valence-electron chi connectivity index (χ3n) is 1.64. The quantitative estimate of drug-likeness (QED) is 0.305. The first-order chi connectivity index (χ1) is 7.61. The van der Waals surface area contributed by atoms with Crippen molar-refractivity contribution in [3.8, 4) is 0 Å². The van der Waals surface area contributed by atoms with E-state index in [0.29, 0.717) is 18.3 Å². The molecule has 0 aliphatic rings. The number of ether oxygens (including phenoxy) is 1. The molecule has 0 fully saturated rings. The number of carbonyl (C=O) groups is 1. The molecule has 1 aromatic heterocycles. The zero-order valence-corrected chi connectivity index (χ0v) is 8.86. The fourth-order valence-electron chi connectivity index (χ4n) is 1.05. The molecule has 88 valence electrons. The smallest absolute Gasteiger partial charge is 0.404 e. The summed E-state index contributed by atoms with van der Waals surface area (Å²) >= 11 is 0. The number of hydrogen-bond donors (Lipinski definition) is 4. The number of hydrazine groups is 1. The van der Waals surface area contributed by atoms with E-state index in [1.165, 1.54) is 0 Å². The van der Waals surface area contributed by atoms with E-state index in [-0.39, 0.29) is 6.61 Å². The highest BCUT2D eigenvalue weighted by molar-refractivity contribution is 5.64. The molecule has 0 bridgehead atoms. The Bertz CT molecular complexity index is 370. The highest BCUT2D eigenvalue weighted by Gasteiger charge is 2.00. The number of aromatic nitrogens is 2. The van der Waals surface area contributed by atoms with Crippen LogP contribution in [-0.2, 0) is 4.74 Å². The van der Waals surface area contributed by atoms with Crippen LogP contribution in [0.2, 0.25) is 0 Å². The van der Waals surface area contributed by atoms with Crippen molar-refractivity contribution in [1.82, 2.24) is 9.97 Å². The molecule has 0 unspecified atom stereocenters. The van der Waals surface area contributed by atoms with Gasteiger partial charge in [-0.15, -0.1) is 0 Å². The van der Waals surface area contributed by atoms with Crippen LogP contribution in [0, 0.1) is 6.92 Å². The molecule has 1 amide bonds. The van der Waals surface area contributed by atoms with Gasteiger partial charge in [-0.05, 0) is 6.92 Å². The Hall–Kier alpha value is -2.09. The summed E-state index contributed by atoms with van der Waals surface area (Å²) in [7, 11) is 0. The van der Waals surface area contributed by atoms with Crippen LogP contribution in [0.5, 0.6) is 0 Å². The van der Waals surface area contributed by atoms with Crippen molar-refractivity contribution >= 4 is 17.9 Å². The highest BCUT2D eigenvalue weighted by Crippen LogP contribution is 2.07. The first-order valence-corrected chi connectivity index (χ1v) is 4.60. The molecule has 1 aromatic rings. The van der Waals surface area contributed by atoms with Gasteiger partial charge in [-0.25, -0.2) is 15.6 Å². The summed E-state index contributed by atoms with van der Waals surface area (Å²) < 4.78 is 4.54.